The van der Waals surface area contributed by atoms with Crippen LogP contribution in [0.25, 0.3) is 0 Å². The average Bonchev–Trinajstić information content (AvgIpc) is 4.09. The second kappa shape index (κ2) is 19.1. The molecule has 0 bridgehead atoms. The van der Waals surface area contributed by atoms with Crippen LogP contribution in [0.4, 0.5) is 0 Å². The zero-order valence-corrected chi connectivity index (χ0v) is 41.2. The predicted molar refractivity (Wildman–Crippen MR) is 242 cm³/mol. The van der Waals surface area contributed by atoms with Crippen molar-refractivity contribution in [3.8, 4) is 5.75 Å². The summed E-state index contributed by atoms with van der Waals surface area (Å²) in [6.45, 7) is 17.9. The van der Waals surface area contributed by atoms with Gasteiger partial charge in [0.25, 0.3) is 0 Å². The lowest BCUT2D eigenvalue weighted by molar-refractivity contribution is -0.339. The van der Waals surface area contributed by atoms with Gasteiger partial charge >= 0.3 is 5.97 Å². The Morgan fingerprint density at radius 2 is 1.66 bits per heavy atom. The van der Waals surface area contributed by atoms with E-state index in [1.807, 2.05) is 43.3 Å². The lowest BCUT2D eigenvalue weighted by atomic mass is 9.78. The van der Waals surface area contributed by atoms with Gasteiger partial charge in [-0.2, -0.15) is 0 Å². The van der Waals surface area contributed by atoms with Gasteiger partial charge in [0.2, 0.25) is 0 Å². The highest BCUT2D eigenvalue weighted by atomic mass is 79.9. The van der Waals surface area contributed by atoms with Crippen molar-refractivity contribution in [2.24, 2.45) is 35.5 Å². The predicted octanol–water partition coefficient (Wildman–Crippen LogP) is 10.0. The summed E-state index contributed by atoms with van der Waals surface area (Å²) in [5.41, 5.74) is 0.906. The normalized spacial score (nSPS) is 42.6. The minimum atomic E-state index is -0.932. The number of hydrogen-bond acceptors (Lipinski definition) is 11. The largest absolute Gasteiger partial charge is 0.497 e. The molecule has 0 amide bonds. The molecule has 12 nitrogen and oxygen atoms in total. The molecule has 356 valence electrons. The van der Waals surface area contributed by atoms with Gasteiger partial charge in [0.1, 0.15) is 12.4 Å². The summed E-state index contributed by atoms with van der Waals surface area (Å²) in [6, 6.07) is 16.0. The number of benzene rings is 2. The van der Waals surface area contributed by atoms with Gasteiger partial charge in [-0.1, -0.05) is 81.7 Å². The van der Waals surface area contributed by atoms with Gasteiger partial charge in [-0.25, -0.2) is 0 Å². The number of carbonyl (C=O) groups is 1. The Kier molecular flexibility index (Phi) is 14.4. The molecule has 0 aromatic heterocycles. The molecule has 6 heterocycles. The second-order valence-corrected chi connectivity index (χ2v) is 21.5. The molecule has 1 N–H and O–H groups in total. The van der Waals surface area contributed by atoms with E-state index in [4.69, 9.17) is 47.4 Å². The SMILES string of the molecule is CC[C@@]1([C@@H]2O[C@@H]([C@H]3O[C@@]4(COC(c5ccc(OC)cc5)O4)[C@H](C)C[C@@H]3C)C[C@@H]2C)CC[C@H]([C@]2(C)CC[C@]3(C[C@H](OCc4ccc(Br)cc4)[C@@H](C)[C@@H]([C@@H](C)[C@@H](OC)[C@H](C)C(=O)O)O3)O2)O1. The number of ether oxygens (including phenoxy) is 10. The first kappa shape index (κ1) is 48.3. The first-order valence-corrected chi connectivity index (χ1v) is 24.7. The Bertz CT molecular complexity index is 1900. The Labute approximate surface area is 389 Å². The summed E-state index contributed by atoms with van der Waals surface area (Å²) in [7, 11) is 3.25. The van der Waals surface area contributed by atoms with Crippen molar-refractivity contribution in [3.05, 3.63) is 64.1 Å². The van der Waals surface area contributed by atoms with Crippen molar-refractivity contribution in [3.63, 3.8) is 0 Å². The van der Waals surface area contributed by atoms with Crippen LogP contribution < -0.4 is 4.74 Å². The van der Waals surface area contributed by atoms with Gasteiger partial charge in [-0.05, 0) is 94.0 Å². The van der Waals surface area contributed by atoms with E-state index in [1.165, 1.54) is 0 Å². The van der Waals surface area contributed by atoms with Crippen LogP contribution in [0.1, 0.15) is 124 Å². The molecule has 13 heteroatoms. The number of aliphatic carboxylic acids is 1. The van der Waals surface area contributed by atoms with Crippen molar-refractivity contribution >= 4 is 21.9 Å². The standard InChI is InChI=1S/C51H73BrO12/c1-11-49(45-30(3)25-39(59-45)42-29(2)24-31(4)51(62-42)28-58-47(63-51)36-14-18-38(55-9)19-15-36)21-20-41(60-49)48(8)22-23-50(64-48)26-40(57-27-35-12-16-37(52)17-13-35)32(5)44(61-50)33(6)43(56-10)34(7)46(53)54/h12-19,29-34,39-45,47H,11,20-28H2,1-10H3,(H,53,54)/t29-,30-,31+,32+,33-,34-,39+,40-,41+,42-,43+,44-,45+,47?,48-,49-,50+,51+/m0/s1. The van der Waals surface area contributed by atoms with Gasteiger partial charge in [0.05, 0.1) is 73.6 Å². The number of carboxylic acids is 1. The van der Waals surface area contributed by atoms with Crippen molar-refractivity contribution < 1.29 is 57.3 Å². The van der Waals surface area contributed by atoms with Gasteiger partial charge < -0.3 is 52.5 Å². The van der Waals surface area contributed by atoms with E-state index in [1.54, 1.807) is 21.1 Å². The van der Waals surface area contributed by atoms with Crippen LogP contribution in [0, 0.1) is 35.5 Å². The maximum Gasteiger partial charge on any atom is 0.308 e. The highest BCUT2D eigenvalue weighted by molar-refractivity contribution is 9.10. The molecular weight excluding hydrogens is 884 g/mol. The number of methoxy groups -OCH3 is 2. The average molecular weight is 958 g/mol. The smallest absolute Gasteiger partial charge is 0.308 e. The molecule has 2 spiro atoms. The minimum Gasteiger partial charge on any atom is -0.497 e. The van der Waals surface area contributed by atoms with Crippen molar-refractivity contribution in [1.82, 2.24) is 0 Å². The van der Waals surface area contributed by atoms with Gasteiger partial charge in [-0.15, -0.1) is 0 Å². The van der Waals surface area contributed by atoms with Crippen LogP contribution in [-0.4, -0.2) is 97.4 Å². The van der Waals surface area contributed by atoms with Crippen LogP contribution in [0.5, 0.6) is 5.75 Å². The highest BCUT2D eigenvalue weighted by Crippen LogP contribution is 2.56. The third-order valence-electron chi connectivity index (χ3n) is 16.3. The number of carboxylic acid groups (broad SMARTS) is 1. The van der Waals surface area contributed by atoms with Crippen LogP contribution in [-0.2, 0) is 54.0 Å². The van der Waals surface area contributed by atoms with E-state index in [2.05, 4.69) is 69.6 Å². The van der Waals surface area contributed by atoms with Crippen LogP contribution in [0.3, 0.4) is 0 Å². The fraction of sp³-hybridized carbons (Fsp3) is 0.745. The van der Waals surface area contributed by atoms with E-state index in [0.29, 0.717) is 26.1 Å². The van der Waals surface area contributed by atoms with Crippen LogP contribution >= 0.6 is 15.9 Å². The lowest BCUT2D eigenvalue weighted by Crippen LogP contribution is -2.57. The third kappa shape index (κ3) is 9.22. The second-order valence-electron chi connectivity index (χ2n) is 20.5. The molecule has 6 fully saturated rings. The summed E-state index contributed by atoms with van der Waals surface area (Å²) in [6.07, 6.45) is 4.12. The topological polar surface area (TPSA) is 130 Å². The molecule has 2 aromatic rings. The van der Waals surface area contributed by atoms with E-state index < -0.39 is 47.1 Å². The lowest BCUT2D eigenvalue weighted by Gasteiger charge is -2.50. The van der Waals surface area contributed by atoms with E-state index >= 15 is 0 Å². The first-order chi connectivity index (χ1) is 30.5. The molecule has 0 saturated carbocycles. The van der Waals surface area contributed by atoms with E-state index in [0.717, 1.165) is 59.9 Å². The number of halogens is 1. The molecule has 64 heavy (non-hydrogen) atoms. The molecule has 2 aromatic carbocycles. The molecule has 6 aliphatic rings. The molecule has 8 rings (SSSR count). The van der Waals surface area contributed by atoms with Gasteiger partial charge in [0, 0.05) is 47.7 Å². The summed E-state index contributed by atoms with van der Waals surface area (Å²) >= 11 is 3.54. The Morgan fingerprint density at radius 1 is 0.922 bits per heavy atom. The highest BCUT2D eigenvalue weighted by Gasteiger charge is 2.63. The summed E-state index contributed by atoms with van der Waals surface area (Å²) in [5.74, 6) is -2.25. The van der Waals surface area contributed by atoms with Crippen molar-refractivity contribution in [2.75, 3.05) is 20.8 Å². The van der Waals surface area contributed by atoms with Gasteiger partial charge in [-0.3, -0.25) is 4.79 Å². The van der Waals surface area contributed by atoms with Crippen molar-refractivity contribution in [1.29, 1.82) is 0 Å². The zero-order valence-electron chi connectivity index (χ0n) is 39.6. The van der Waals surface area contributed by atoms with Crippen LogP contribution in [0.2, 0.25) is 0 Å². The molecule has 1 unspecified atom stereocenters. The zero-order chi connectivity index (χ0) is 45.8. The van der Waals surface area contributed by atoms with E-state index in [-0.39, 0.29) is 66.2 Å². The number of rotatable bonds is 14. The van der Waals surface area contributed by atoms with Crippen LogP contribution in [0.15, 0.2) is 53.0 Å². The van der Waals surface area contributed by atoms with E-state index in [9.17, 15) is 9.90 Å². The maximum atomic E-state index is 12.2. The molecular formula is C51H73BrO12. The molecule has 0 aliphatic carbocycles. The molecule has 18 atom stereocenters. The Hall–Kier alpha value is -2.17. The summed E-state index contributed by atoms with van der Waals surface area (Å²) in [4.78, 5) is 12.2. The van der Waals surface area contributed by atoms with Crippen molar-refractivity contribution in [2.45, 2.75) is 185 Å². The summed E-state index contributed by atoms with van der Waals surface area (Å²) < 4.78 is 68.1. The quantitative estimate of drug-likeness (QED) is 0.194. The Balaban J connectivity index is 0.963. The number of hydrogen-bond donors (Lipinski definition) is 1. The molecule has 6 aliphatic heterocycles. The monoisotopic (exact) mass is 956 g/mol. The third-order valence-corrected chi connectivity index (χ3v) is 16.8. The first-order valence-electron chi connectivity index (χ1n) is 23.9. The fourth-order valence-corrected chi connectivity index (χ4v) is 12.6. The van der Waals surface area contributed by atoms with Gasteiger partial charge in [0.15, 0.2) is 17.9 Å². The maximum absolute atomic E-state index is 12.2. The summed E-state index contributed by atoms with van der Waals surface area (Å²) in [5, 5.41) is 10.0. The molecule has 6 saturated heterocycles. The minimum absolute atomic E-state index is 0.0498. The molecule has 0 radical (unpaired) electrons. The Morgan fingerprint density at radius 3 is 2.33 bits per heavy atom. The fourth-order valence-electron chi connectivity index (χ4n) is 12.4.